The van der Waals surface area contributed by atoms with Crippen LogP contribution in [0.2, 0.25) is 0 Å². The van der Waals surface area contributed by atoms with Crippen molar-refractivity contribution in [3.8, 4) is 0 Å². The summed E-state index contributed by atoms with van der Waals surface area (Å²) in [5, 5.41) is 2.36. The Balaban J connectivity index is 2.46. The Labute approximate surface area is 111 Å². The number of carbonyl (C=O) groups is 3. The number of rotatable bonds is 5. The van der Waals surface area contributed by atoms with Gasteiger partial charge in [-0.3, -0.25) is 14.4 Å². The molecule has 0 saturated heterocycles. The van der Waals surface area contributed by atoms with Crippen molar-refractivity contribution in [3.63, 3.8) is 0 Å². The normalized spacial score (nSPS) is 9.58. The topological polar surface area (TPSA) is 75.7 Å². The third-order valence-corrected chi connectivity index (χ3v) is 2.41. The molecule has 1 N–H and O–H groups in total. The van der Waals surface area contributed by atoms with Crippen molar-refractivity contribution < 1.29 is 19.1 Å². The lowest BCUT2D eigenvalue weighted by atomic mass is 10.2. The molecule has 1 aromatic carbocycles. The zero-order valence-corrected chi connectivity index (χ0v) is 10.9. The van der Waals surface area contributed by atoms with E-state index in [1.807, 2.05) is 0 Å². The van der Waals surface area contributed by atoms with E-state index in [0.717, 1.165) is 0 Å². The molecule has 6 heteroatoms. The first kappa shape index (κ1) is 14.7. The van der Waals surface area contributed by atoms with Gasteiger partial charge in [0.1, 0.15) is 6.54 Å². The summed E-state index contributed by atoms with van der Waals surface area (Å²) < 4.78 is 4.39. The molecule has 0 unspecified atom stereocenters. The van der Waals surface area contributed by atoms with Gasteiger partial charge >= 0.3 is 5.97 Å². The van der Waals surface area contributed by atoms with Crippen molar-refractivity contribution in [2.24, 2.45) is 0 Å². The Morgan fingerprint density at radius 1 is 1.21 bits per heavy atom. The molecule has 0 aromatic heterocycles. The second kappa shape index (κ2) is 7.15. The summed E-state index contributed by atoms with van der Waals surface area (Å²) in [4.78, 5) is 35.5. The molecule has 19 heavy (non-hydrogen) atoms. The minimum atomic E-state index is -0.537. The highest BCUT2D eigenvalue weighted by molar-refractivity contribution is 5.96. The largest absolute Gasteiger partial charge is 0.468 e. The number of nitrogens with one attached hydrogen (secondary N) is 1. The summed E-state index contributed by atoms with van der Waals surface area (Å²) in [5.41, 5.74) is 0.505. The van der Waals surface area contributed by atoms with E-state index in [0.29, 0.717) is 5.56 Å². The van der Waals surface area contributed by atoms with Crippen LogP contribution >= 0.6 is 0 Å². The SMILES string of the molecule is COC(=O)CNC(=O)CN(C)C(=O)c1ccccc1. The molecular formula is C13H16N2O4. The van der Waals surface area contributed by atoms with E-state index in [1.54, 1.807) is 30.3 Å². The Morgan fingerprint density at radius 3 is 2.42 bits per heavy atom. The zero-order chi connectivity index (χ0) is 14.3. The molecule has 0 atom stereocenters. The third kappa shape index (κ3) is 4.79. The molecule has 0 saturated carbocycles. The molecular weight excluding hydrogens is 248 g/mol. The molecule has 0 heterocycles. The average Bonchev–Trinajstić information content (AvgIpc) is 2.44. The molecule has 102 valence electrons. The minimum absolute atomic E-state index is 0.120. The fraction of sp³-hybridized carbons (Fsp3) is 0.308. The van der Waals surface area contributed by atoms with Crippen LogP contribution in [0.25, 0.3) is 0 Å². The van der Waals surface area contributed by atoms with Crippen LogP contribution in [-0.2, 0) is 14.3 Å². The number of ether oxygens (including phenoxy) is 1. The predicted octanol–water partition coefficient (Wildman–Crippen LogP) is 0.0478. The molecule has 0 aliphatic carbocycles. The summed E-state index contributed by atoms with van der Waals surface area (Å²) >= 11 is 0. The van der Waals surface area contributed by atoms with Crippen LogP contribution < -0.4 is 5.32 Å². The van der Waals surface area contributed by atoms with Crippen LogP contribution in [-0.4, -0.2) is 49.9 Å². The van der Waals surface area contributed by atoms with Gasteiger partial charge in [0.2, 0.25) is 5.91 Å². The number of hydrogen-bond acceptors (Lipinski definition) is 4. The number of nitrogens with zero attached hydrogens (tertiary/aromatic N) is 1. The van der Waals surface area contributed by atoms with Crippen LogP contribution in [0.15, 0.2) is 30.3 Å². The second-order valence-electron chi connectivity index (χ2n) is 3.88. The van der Waals surface area contributed by atoms with E-state index in [4.69, 9.17) is 0 Å². The molecule has 1 aromatic rings. The van der Waals surface area contributed by atoms with E-state index in [1.165, 1.54) is 19.1 Å². The summed E-state index contributed by atoms with van der Waals surface area (Å²) in [6.07, 6.45) is 0. The summed E-state index contributed by atoms with van der Waals surface area (Å²) in [7, 11) is 2.76. The van der Waals surface area contributed by atoms with E-state index in [2.05, 4.69) is 10.1 Å². The summed E-state index contributed by atoms with van der Waals surface area (Å²) in [6, 6.07) is 8.65. The maximum atomic E-state index is 11.9. The molecule has 0 radical (unpaired) electrons. The third-order valence-electron chi connectivity index (χ3n) is 2.41. The summed E-state index contributed by atoms with van der Waals surface area (Å²) in [5.74, 6) is -1.21. The maximum Gasteiger partial charge on any atom is 0.325 e. The first-order valence-electron chi connectivity index (χ1n) is 5.68. The lowest BCUT2D eigenvalue weighted by Crippen LogP contribution is -2.40. The number of methoxy groups -OCH3 is 1. The number of likely N-dealkylation sites (N-methyl/N-ethyl adjacent to an activating group) is 1. The van der Waals surface area contributed by atoms with E-state index >= 15 is 0 Å². The highest BCUT2D eigenvalue weighted by Gasteiger charge is 2.14. The second-order valence-corrected chi connectivity index (χ2v) is 3.88. The van der Waals surface area contributed by atoms with Crippen LogP contribution in [0.4, 0.5) is 0 Å². The first-order valence-corrected chi connectivity index (χ1v) is 5.68. The van der Waals surface area contributed by atoms with Gasteiger partial charge in [0.25, 0.3) is 5.91 Å². The number of amides is 2. The molecule has 0 fully saturated rings. The molecule has 0 aliphatic rings. The lowest BCUT2D eigenvalue weighted by molar-refractivity contribution is -0.141. The molecule has 6 nitrogen and oxygen atoms in total. The number of hydrogen-bond donors (Lipinski definition) is 1. The van der Waals surface area contributed by atoms with Gasteiger partial charge in [0.15, 0.2) is 0 Å². The van der Waals surface area contributed by atoms with Gasteiger partial charge in [-0.25, -0.2) is 0 Å². The van der Waals surface area contributed by atoms with Gasteiger partial charge in [-0.05, 0) is 12.1 Å². The molecule has 2 amide bonds. The van der Waals surface area contributed by atoms with Gasteiger partial charge in [0.05, 0.1) is 13.7 Å². The van der Waals surface area contributed by atoms with Crippen molar-refractivity contribution in [3.05, 3.63) is 35.9 Å². The van der Waals surface area contributed by atoms with Crippen molar-refractivity contribution in [2.75, 3.05) is 27.2 Å². The number of benzene rings is 1. The van der Waals surface area contributed by atoms with Crippen molar-refractivity contribution in [1.29, 1.82) is 0 Å². The maximum absolute atomic E-state index is 11.9. The Bertz CT molecular complexity index is 459. The van der Waals surface area contributed by atoms with Crippen LogP contribution in [0.3, 0.4) is 0 Å². The number of esters is 1. The van der Waals surface area contributed by atoms with Crippen LogP contribution in [0, 0.1) is 0 Å². The summed E-state index contributed by atoms with van der Waals surface area (Å²) in [6.45, 7) is -0.326. The van der Waals surface area contributed by atoms with Gasteiger partial charge in [0, 0.05) is 12.6 Å². The highest BCUT2D eigenvalue weighted by atomic mass is 16.5. The van der Waals surface area contributed by atoms with Gasteiger partial charge in [-0.15, -0.1) is 0 Å². The smallest absolute Gasteiger partial charge is 0.325 e. The highest BCUT2D eigenvalue weighted by Crippen LogP contribution is 2.02. The van der Waals surface area contributed by atoms with Crippen molar-refractivity contribution in [1.82, 2.24) is 10.2 Å². The van der Waals surface area contributed by atoms with E-state index < -0.39 is 11.9 Å². The molecule has 0 aliphatic heterocycles. The average molecular weight is 264 g/mol. The van der Waals surface area contributed by atoms with Gasteiger partial charge in [-0.1, -0.05) is 18.2 Å². The van der Waals surface area contributed by atoms with E-state index in [9.17, 15) is 14.4 Å². The van der Waals surface area contributed by atoms with E-state index in [-0.39, 0.29) is 19.0 Å². The Hall–Kier alpha value is -2.37. The van der Waals surface area contributed by atoms with Crippen LogP contribution in [0.1, 0.15) is 10.4 Å². The minimum Gasteiger partial charge on any atom is -0.468 e. The monoisotopic (exact) mass is 264 g/mol. The first-order chi connectivity index (χ1) is 9.04. The molecule has 0 spiro atoms. The lowest BCUT2D eigenvalue weighted by Gasteiger charge is -2.16. The fourth-order valence-electron chi connectivity index (χ4n) is 1.39. The fourth-order valence-corrected chi connectivity index (χ4v) is 1.39. The van der Waals surface area contributed by atoms with Crippen LogP contribution in [0.5, 0.6) is 0 Å². The van der Waals surface area contributed by atoms with Gasteiger partial charge in [-0.2, -0.15) is 0 Å². The van der Waals surface area contributed by atoms with Crippen molar-refractivity contribution >= 4 is 17.8 Å². The Morgan fingerprint density at radius 2 is 1.84 bits per heavy atom. The quantitative estimate of drug-likeness (QED) is 0.762. The molecule has 0 bridgehead atoms. The predicted molar refractivity (Wildman–Crippen MR) is 68.4 cm³/mol. The van der Waals surface area contributed by atoms with Gasteiger partial charge < -0.3 is 15.0 Å². The molecule has 1 rings (SSSR count). The number of carbonyl (C=O) groups excluding carboxylic acids is 3. The van der Waals surface area contributed by atoms with Crippen molar-refractivity contribution in [2.45, 2.75) is 0 Å². The standard InChI is InChI=1S/C13H16N2O4/c1-15(9-11(16)14-8-12(17)19-2)13(18)10-6-4-3-5-7-10/h3-7H,8-9H2,1-2H3,(H,14,16). The Kier molecular flexibility index (Phi) is 5.53. The zero-order valence-electron chi connectivity index (χ0n) is 10.9.